The van der Waals surface area contributed by atoms with Crippen LogP contribution >= 0.6 is 11.6 Å². The van der Waals surface area contributed by atoms with E-state index in [4.69, 9.17) is 20.8 Å². The molecule has 1 aromatic heterocycles. The van der Waals surface area contributed by atoms with E-state index in [1.807, 2.05) is 24.0 Å². The summed E-state index contributed by atoms with van der Waals surface area (Å²) in [4.78, 5) is 30.7. The van der Waals surface area contributed by atoms with Gasteiger partial charge in [0.25, 0.3) is 5.91 Å². The van der Waals surface area contributed by atoms with Crippen molar-refractivity contribution in [3.8, 4) is 17.1 Å². The lowest BCUT2D eigenvalue weighted by Gasteiger charge is -2.43. The Morgan fingerprint density at radius 2 is 1.77 bits per heavy atom. The average Bonchev–Trinajstić information content (AvgIpc) is 3.44. The van der Waals surface area contributed by atoms with Gasteiger partial charge in [-0.25, -0.2) is 4.39 Å². The molecular weight excluding hydrogens is 519 g/mol. The van der Waals surface area contributed by atoms with Crippen LogP contribution in [-0.4, -0.2) is 54.4 Å². The summed E-state index contributed by atoms with van der Waals surface area (Å²) in [5.41, 5.74) is 0.677. The number of nitrogens with zero attached hydrogens (tertiary/aromatic N) is 2. The zero-order valence-electron chi connectivity index (χ0n) is 22.3. The number of piperidine rings is 2. The van der Waals surface area contributed by atoms with Gasteiger partial charge in [0.05, 0.1) is 12.2 Å². The smallest absolute Gasteiger partial charge is 0.289 e. The van der Waals surface area contributed by atoms with Gasteiger partial charge in [-0.15, -0.1) is 0 Å². The maximum atomic E-state index is 14.3. The molecule has 2 saturated heterocycles. The maximum Gasteiger partial charge on any atom is 0.289 e. The Labute approximate surface area is 233 Å². The number of ether oxygens (including phenoxy) is 1. The molecule has 0 spiro atoms. The normalized spacial score (nSPS) is 19.7. The lowest BCUT2D eigenvalue weighted by molar-refractivity contribution is -0.136. The van der Waals surface area contributed by atoms with Gasteiger partial charge in [0.15, 0.2) is 5.76 Å². The van der Waals surface area contributed by atoms with Crippen molar-refractivity contribution in [2.75, 3.05) is 32.8 Å². The van der Waals surface area contributed by atoms with Crippen molar-refractivity contribution >= 4 is 23.4 Å². The van der Waals surface area contributed by atoms with Gasteiger partial charge < -0.3 is 19.0 Å². The van der Waals surface area contributed by atoms with E-state index in [2.05, 4.69) is 0 Å². The molecule has 2 fully saturated rings. The Kier molecular flexibility index (Phi) is 8.26. The van der Waals surface area contributed by atoms with Crippen molar-refractivity contribution in [1.29, 1.82) is 0 Å². The fraction of sp³-hybridized carbons (Fsp3) is 0.419. The molecule has 3 heterocycles. The molecule has 0 saturated carbocycles. The number of carbonyl (C=O) groups excluding carboxylic acids is 2. The number of rotatable bonds is 7. The number of hydrogen-bond donors (Lipinski definition) is 0. The van der Waals surface area contributed by atoms with Crippen LogP contribution in [0.2, 0.25) is 5.02 Å². The summed E-state index contributed by atoms with van der Waals surface area (Å²) in [7, 11) is 0. The van der Waals surface area contributed by atoms with E-state index in [0.717, 1.165) is 50.8 Å². The molecule has 5 rings (SSSR count). The SMILES string of the molecule is Cc1cc(OCC2(CC(=O)N3CCCCC3)CCCN(C(=O)c3ccc(-c4ccccc4F)o3)C2)ccc1Cl. The van der Waals surface area contributed by atoms with Gasteiger partial charge in [-0.1, -0.05) is 23.7 Å². The van der Waals surface area contributed by atoms with Gasteiger partial charge in [-0.2, -0.15) is 0 Å². The summed E-state index contributed by atoms with van der Waals surface area (Å²) in [6.45, 7) is 4.70. The third-order valence-corrected chi connectivity index (χ3v) is 8.24. The summed E-state index contributed by atoms with van der Waals surface area (Å²) >= 11 is 6.19. The van der Waals surface area contributed by atoms with Crippen LogP contribution in [0.25, 0.3) is 11.3 Å². The van der Waals surface area contributed by atoms with E-state index in [9.17, 15) is 14.0 Å². The monoisotopic (exact) mass is 552 g/mol. The molecule has 0 bridgehead atoms. The highest BCUT2D eigenvalue weighted by Gasteiger charge is 2.41. The Bertz CT molecular complexity index is 1340. The van der Waals surface area contributed by atoms with Crippen molar-refractivity contribution in [3.63, 3.8) is 0 Å². The summed E-state index contributed by atoms with van der Waals surface area (Å²) < 4.78 is 26.3. The van der Waals surface area contributed by atoms with Crippen molar-refractivity contribution in [1.82, 2.24) is 9.80 Å². The van der Waals surface area contributed by atoms with Crippen molar-refractivity contribution in [2.45, 2.75) is 45.4 Å². The Morgan fingerprint density at radius 1 is 1.00 bits per heavy atom. The fourth-order valence-electron chi connectivity index (χ4n) is 5.63. The number of amides is 2. The Morgan fingerprint density at radius 3 is 2.54 bits per heavy atom. The summed E-state index contributed by atoms with van der Waals surface area (Å²) in [5.74, 6) is 0.579. The standard InChI is InChI=1S/C31H34ClFN2O4/c1-22-18-23(10-11-25(22)32)38-21-31(19-29(36)34-15-5-2-6-16-34)14-7-17-35(20-31)30(37)28-13-12-27(39-28)24-8-3-4-9-26(24)33/h3-4,8-13,18H,2,5-7,14-17,19-21H2,1H3. The number of likely N-dealkylation sites (tertiary alicyclic amines) is 2. The van der Waals surface area contributed by atoms with Gasteiger partial charge in [0, 0.05) is 43.0 Å². The topological polar surface area (TPSA) is 63.0 Å². The van der Waals surface area contributed by atoms with Gasteiger partial charge >= 0.3 is 0 Å². The highest BCUT2D eigenvalue weighted by atomic mass is 35.5. The van der Waals surface area contributed by atoms with Crippen LogP contribution in [-0.2, 0) is 4.79 Å². The van der Waals surface area contributed by atoms with Gasteiger partial charge in [0.1, 0.15) is 17.3 Å². The minimum absolute atomic E-state index is 0.111. The molecule has 2 aliphatic heterocycles. The van der Waals surface area contributed by atoms with E-state index in [1.54, 1.807) is 41.3 Å². The largest absolute Gasteiger partial charge is 0.493 e. The van der Waals surface area contributed by atoms with E-state index in [-0.39, 0.29) is 17.6 Å². The van der Waals surface area contributed by atoms with Crippen LogP contribution in [0.4, 0.5) is 4.39 Å². The fourth-order valence-corrected chi connectivity index (χ4v) is 5.75. The quantitative estimate of drug-likeness (QED) is 0.325. The molecule has 6 nitrogen and oxygen atoms in total. The van der Waals surface area contributed by atoms with Gasteiger partial charge in [0.2, 0.25) is 5.91 Å². The third kappa shape index (κ3) is 6.30. The molecule has 2 amide bonds. The van der Waals surface area contributed by atoms with E-state index in [1.165, 1.54) is 6.07 Å². The zero-order chi connectivity index (χ0) is 27.4. The molecule has 1 atom stereocenters. The average molecular weight is 553 g/mol. The van der Waals surface area contributed by atoms with E-state index in [0.29, 0.717) is 48.2 Å². The predicted octanol–water partition coefficient (Wildman–Crippen LogP) is 6.75. The van der Waals surface area contributed by atoms with E-state index >= 15 is 0 Å². The molecule has 0 N–H and O–H groups in total. The lowest BCUT2D eigenvalue weighted by atomic mass is 9.77. The molecule has 3 aromatic rings. The molecule has 0 aliphatic carbocycles. The number of halogens is 2. The Hall–Kier alpha value is -3.32. The summed E-state index contributed by atoms with van der Waals surface area (Å²) in [5, 5.41) is 0.667. The zero-order valence-corrected chi connectivity index (χ0v) is 23.0. The first-order valence-electron chi connectivity index (χ1n) is 13.6. The second-order valence-corrected chi connectivity index (χ2v) is 11.2. The van der Waals surface area contributed by atoms with Crippen LogP contribution in [0.3, 0.4) is 0 Å². The molecule has 206 valence electrons. The minimum atomic E-state index is -0.545. The van der Waals surface area contributed by atoms with Crippen molar-refractivity contribution in [2.24, 2.45) is 5.41 Å². The molecule has 0 radical (unpaired) electrons. The number of carbonyl (C=O) groups is 2. The first-order valence-corrected chi connectivity index (χ1v) is 14.0. The van der Waals surface area contributed by atoms with Crippen LogP contribution in [0.15, 0.2) is 59.0 Å². The first-order chi connectivity index (χ1) is 18.8. The molecular formula is C31H34ClFN2O4. The molecule has 1 unspecified atom stereocenters. The highest BCUT2D eigenvalue weighted by Crippen LogP contribution is 2.37. The third-order valence-electron chi connectivity index (χ3n) is 7.81. The van der Waals surface area contributed by atoms with Gasteiger partial charge in [-0.05, 0) is 87.1 Å². The first kappa shape index (κ1) is 27.3. The van der Waals surface area contributed by atoms with Crippen molar-refractivity contribution < 1.29 is 23.1 Å². The Balaban J connectivity index is 1.35. The van der Waals surface area contributed by atoms with Crippen LogP contribution in [0.5, 0.6) is 5.75 Å². The maximum absolute atomic E-state index is 14.3. The summed E-state index contributed by atoms with van der Waals surface area (Å²) in [6.07, 6.45) is 5.00. The van der Waals surface area contributed by atoms with Gasteiger partial charge in [-0.3, -0.25) is 9.59 Å². The second-order valence-electron chi connectivity index (χ2n) is 10.8. The predicted molar refractivity (Wildman–Crippen MR) is 148 cm³/mol. The highest BCUT2D eigenvalue weighted by molar-refractivity contribution is 6.31. The molecule has 2 aliphatic rings. The molecule has 8 heteroatoms. The number of furan rings is 1. The lowest BCUT2D eigenvalue weighted by Crippen LogP contribution is -2.51. The molecule has 2 aromatic carbocycles. The van der Waals surface area contributed by atoms with E-state index < -0.39 is 11.2 Å². The summed E-state index contributed by atoms with van der Waals surface area (Å²) in [6, 6.07) is 15.0. The number of benzene rings is 2. The number of aryl methyl sites for hydroxylation is 1. The van der Waals surface area contributed by atoms with Crippen LogP contribution in [0.1, 0.15) is 54.6 Å². The molecule has 39 heavy (non-hydrogen) atoms. The van der Waals surface area contributed by atoms with Crippen LogP contribution in [0, 0.1) is 18.2 Å². The minimum Gasteiger partial charge on any atom is -0.493 e. The second kappa shape index (κ2) is 11.8. The number of hydrogen-bond acceptors (Lipinski definition) is 4. The van der Waals surface area contributed by atoms with Crippen LogP contribution < -0.4 is 4.74 Å². The van der Waals surface area contributed by atoms with Crippen molar-refractivity contribution in [3.05, 3.63) is 76.8 Å².